The van der Waals surface area contributed by atoms with E-state index in [1.807, 2.05) is 13.8 Å². The summed E-state index contributed by atoms with van der Waals surface area (Å²) in [7, 11) is 0. The van der Waals surface area contributed by atoms with Gasteiger partial charge in [-0.05, 0) is 32.4 Å². The van der Waals surface area contributed by atoms with Crippen molar-refractivity contribution >= 4 is 17.5 Å². The van der Waals surface area contributed by atoms with Gasteiger partial charge in [-0.15, -0.1) is 11.6 Å². The van der Waals surface area contributed by atoms with Gasteiger partial charge in [-0.25, -0.2) is 0 Å². The Morgan fingerprint density at radius 1 is 1.60 bits per heavy atom. The van der Waals surface area contributed by atoms with Gasteiger partial charge >= 0.3 is 0 Å². The molecule has 0 spiro atoms. The number of pyridine rings is 1. The number of carbonyl (C=O) groups excluding carboxylic acids is 1. The largest absolute Gasteiger partial charge is 0.349 e. The number of halogens is 1. The van der Waals surface area contributed by atoms with Crippen molar-refractivity contribution in [3.8, 4) is 0 Å². The molecule has 0 aromatic carbocycles. The van der Waals surface area contributed by atoms with Crippen molar-refractivity contribution < 1.29 is 4.79 Å². The number of nitrogens with one attached hydrogen (secondary N) is 1. The minimum absolute atomic E-state index is 0.0641. The van der Waals surface area contributed by atoms with Gasteiger partial charge < -0.3 is 5.32 Å². The Morgan fingerprint density at radius 3 is 2.87 bits per heavy atom. The van der Waals surface area contributed by atoms with Crippen LogP contribution >= 0.6 is 11.6 Å². The van der Waals surface area contributed by atoms with Gasteiger partial charge in [0.1, 0.15) is 0 Å². The maximum Gasteiger partial charge on any atom is 0.253 e. The van der Waals surface area contributed by atoms with Crippen LogP contribution in [-0.2, 0) is 0 Å². The number of hydrogen-bond donors (Lipinski definition) is 1. The first-order valence-electron chi connectivity index (χ1n) is 4.94. The molecule has 15 heavy (non-hydrogen) atoms. The molecule has 1 N–H and O–H groups in total. The summed E-state index contributed by atoms with van der Waals surface area (Å²) in [4.78, 5) is 15.5. The van der Waals surface area contributed by atoms with E-state index in [1.165, 1.54) is 0 Å². The molecule has 2 unspecified atom stereocenters. The van der Waals surface area contributed by atoms with E-state index in [2.05, 4.69) is 10.3 Å². The van der Waals surface area contributed by atoms with E-state index in [-0.39, 0.29) is 17.3 Å². The second-order valence-corrected chi connectivity index (χ2v) is 4.38. The average molecular weight is 227 g/mol. The standard InChI is InChI=1S/C11H15ClN2O/c1-8(12)6-9(2)14-11(15)10-4-3-5-13-7-10/h3-5,7-9H,6H2,1-2H3,(H,14,15). The summed E-state index contributed by atoms with van der Waals surface area (Å²) in [6, 6.07) is 3.55. The number of amides is 1. The highest BCUT2D eigenvalue weighted by molar-refractivity contribution is 6.20. The van der Waals surface area contributed by atoms with E-state index in [1.54, 1.807) is 24.5 Å². The van der Waals surface area contributed by atoms with Gasteiger partial charge in [0.05, 0.1) is 5.56 Å². The number of nitrogens with zero attached hydrogens (tertiary/aromatic N) is 1. The van der Waals surface area contributed by atoms with Crippen LogP contribution in [0.15, 0.2) is 24.5 Å². The third-order valence-corrected chi connectivity index (χ3v) is 2.16. The molecule has 0 fully saturated rings. The van der Waals surface area contributed by atoms with Gasteiger partial charge in [-0.2, -0.15) is 0 Å². The Kier molecular flexibility index (Phi) is 4.56. The maximum absolute atomic E-state index is 11.6. The lowest BCUT2D eigenvalue weighted by Crippen LogP contribution is -2.33. The zero-order valence-corrected chi connectivity index (χ0v) is 9.66. The van der Waals surface area contributed by atoms with Crippen molar-refractivity contribution in [2.45, 2.75) is 31.7 Å². The minimum Gasteiger partial charge on any atom is -0.349 e. The number of hydrogen-bond acceptors (Lipinski definition) is 2. The first-order valence-corrected chi connectivity index (χ1v) is 5.38. The predicted molar refractivity (Wildman–Crippen MR) is 61.1 cm³/mol. The van der Waals surface area contributed by atoms with Gasteiger partial charge in [0.2, 0.25) is 0 Å². The zero-order valence-electron chi connectivity index (χ0n) is 8.90. The SMILES string of the molecule is CC(Cl)CC(C)NC(=O)c1cccnc1. The van der Waals surface area contributed by atoms with Gasteiger partial charge in [0, 0.05) is 23.8 Å². The molecule has 1 heterocycles. The average Bonchev–Trinajstić information content (AvgIpc) is 2.17. The molecule has 1 aromatic heterocycles. The van der Waals surface area contributed by atoms with Gasteiger partial charge in [-0.1, -0.05) is 0 Å². The highest BCUT2D eigenvalue weighted by Gasteiger charge is 2.11. The van der Waals surface area contributed by atoms with Crippen molar-refractivity contribution in [1.29, 1.82) is 0 Å². The Bertz CT molecular complexity index is 314. The first kappa shape index (κ1) is 12.0. The summed E-state index contributed by atoms with van der Waals surface area (Å²) in [5, 5.41) is 2.93. The van der Waals surface area contributed by atoms with Crippen LogP contribution in [0.5, 0.6) is 0 Å². The van der Waals surface area contributed by atoms with Crippen LogP contribution in [0.2, 0.25) is 0 Å². The second kappa shape index (κ2) is 5.71. The number of rotatable bonds is 4. The molecule has 1 amide bonds. The summed E-state index contributed by atoms with van der Waals surface area (Å²) in [5.74, 6) is -0.104. The summed E-state index contributed by atoms with van der Waals surface area (Å²) >= 11 is 5.84. The second-order valence-electron chi connectivity index (χ2n) is 3.63. The molecular formula is C11H15ClN2O. The molecule has 82 valence electrons. The fraction of sp³-hybridized carbons (Fsp3) is 0.455. The first-order chi connectivity index (χ1) is 7.09. The Hall–Kier alpha value is -1.09. The summed E-state index contributed by atoms with van der Waals surface area (Å²) in [6.07, 6.45) is 3.95. The van der Waals surface area contributed by atoms with E-state index in [0.717, 1.165) is 6.42 Å². The van der Waals surface area contributed by atoms with Gasteiger partial charge in [0.25, 0.3) is 5.91 Å². The molecule has 0 aliphatic heterocycles. The van der Waals surface area contributed by atoms with Crippen LogP contribution in [0.25, 0.3) is 0 Å². The van der Waals surface area contributed by atoms with Crippen LogP contribution in [0, 0.1) is 0 Å². The van der Waals surface area contributed by atoms with E-state index in [9.17, 15) is 4.79 Å². The highest BCUT2D eigenvalue weighted by atomic mass is 35.5. The lowest BCUT2D eigenvalue weighted by atomic mass is 10.2. The zero-order chi connectivity index (χ0) is 11.3. The van der Waals surface area contributed by atoms with Crippen LogP contribution in [-0.4, -0.2) is 22.3 Å². The number of aromatic nitrogens is 1. The van der Waals surface area contributed by atoms with E-state index in [4.69, 9.17) is 11.6 Å². The van der Waals surface area contributed by atoms with Crippen LogP contribution < -0.4 is 5.32 Å². The lowest BCUT2D eigenvalue weighted by Gasteiger charge is -2.14. The fourth-order valence-corrected chi connectivity index (χ4v) is 1.62. The molecule has 0 radical (unpaired) electrons. The van der Waals surface area contributed by atoms with Crippen LogP contribution in [0.1, 0.15) is 30.6 Å². The van der Waals surface area contributed by atoms with Crippen molar-refractivity contribution in [1.82, 2.24) is 10.3 Å². The lowest BCUT2D eigenvalue weighted by molar-refractivity contribution is 0.0938. The summed E-state index contributed by atoms with van der Waals surface area (Å²) < 4.78 is 0. The maximum atomic E-state index is 11.6. The molecule has 4 heteroatoms. The Labute approximate surface area is 94.9 Å². The monoisotopic (exact) mass is 226 g/mol. The van der Waals surface area contributed by atoms with E-state index >= 15 is 0 Å². The van der Waals surface area contributed by atoms with Crippen molar-refractivity contribution in [2.75, 3.05) is 0 Å². The van der Waals surface area contributed by atoms with Crippen molar-refractivity contribution in [3.05, 3.63) is 30.1 Å². The number of carbonyl (C=O) groups is 1. The molecule has 2 atom stereocenters. The normalized spacial score (nSPS) is 14.3. The third-order valence-electron chi connectivity index (χ3n) is 1.98. The molecule has 0 aliphatic rings. The molecule has 0 saturated carbocycles. The van der Waals surface area contributed by atoms with E-state index < -0.39 is 0 Å². The topological polar surface area (TPSA) is 42.0 Å². The molecule has 1 aromatic rings. The van der Waals surface area contributed by atoms with Crippen LogP contribution in [0.4, 0.5) is 0 Å². The van der Waals surface area contributed by atoms with Gasteiger partial charge in [0.15, 0.2) is 0 Å². The van der Waals surface area contributed by atoms with E-state index in [0.29, 0.717) is 5.56 Å². The smallest absolute Gasteiger partial charge is 0.253 e. The minimum atomic E-state index is -0.104. The Morgan fingerprint density at radius 2 is 2.33 bits per heavy atom. The molecule has 0 saturated heterocycles. The van der Waals surface area contributed by atoms with Crippen LogP contribution in [0.3, 0.4) is 0 Å². The highest BCUT2D eigenvalue weighted by Crippen LogP contribution is 2.05. The predicted octanol–water partition coefficient (Wildman–Crippen LogP) is 2.22. The molecule has 3 nitrogen and oxygen atoms in total. The van der Waals surface area contributed by atoms with Crippen molar-refractivity contribution in [2.24, 2.45) is 0 Å². The molecule has 0 aliphatic carbocycles. The molecule has 0 bridgehead atoms. The van der Waals surface area contributed by atoms with Gasteiger partial charge in [-0.3, -0.25) is 9.78 Å². The Balaban J connectivity index is 2.49. The summed E-state index contributed by atoms with van der Waals surface area (Å²) in [5.41, 5.74) is 0.576. The van der Waals surface area contributed by atoms with Crippen molar-refractivity contribution in [3.63, 3.8) is 0 Å². The third kappa shape index (κ3) is 4.30. The quantitative estimate of drug-likeness (QED) is 0.800. The summed E-state index contributed by atoms with van der Waals surface area (Å²) in [6.45, 7) is 3.85. The number of alkyl halides is 1. The molecule has 1 rings (SSSR count). The fourth-order valence-electron chi connectivity index (χ4n) is 1.35. The molecular weight excluding hydrogens is 212 g/mol.